The number of hydrogen-bond donors (Lipinski definition) is 2. The molecule has 1 saturated heterocycles. The molecule has 1 heterocycles. The van der Waals surface area contributed by atoms with Gasteiger partial charge in [-0.2, -0.15) is 0 Å². The Kier molecular flexibility index (Phi) is 5.14. The van der Waals surface area contributed by atoms with Crippen molar-refractivity contribution >= 4 is 17.5 Å². The van der Waals surface area contributed by atoms with E-state index in [1.54, 1.807) is 0 Å². The molecule has 1 aromatic rings. The summed E-state index contributed by atoms with van der Waals surface area (Å²) in [7, 11) is 0. The van der Waals surface area contributed by atoms with Gasteiger partial charge in [0.1, 0.15) is 0 Å². The van der Waals surface area contributed by atoms with Gasteiger partial charge in [0, 0.05) is 39.3 Å². The second-order valence-electron chi connectivity index (χ2n) is 9.91. The first-order valence-corrected chi connectivity index (χ1v) is 11.5. The van der Waals surface area contributed by atoms with Gasteiger partial charge in [-0.3, -0.25) is 9.69 Å². The third-order valence-corrected chi connectivity index (χ3v) is 8.16. The summed E-state index contributed by atoms with van der Waals surface area (Å²) in [5.74, 6) is 2.74. The van der Waals surface area contributed by atoms with Gasteiger partial charge in [-0.25, -0.2) is 0 Å². The number of benzene rings is 1. The van der Waals surface area contributed by atoms with Gasteiger partial charge in [-0.15, -0.1) is 0 Å². The molecule has 4 saturated carbocycles. The second kappa shape index (κ2) is 7.62. The van der Waals surface area contributed by atoms with Crippen LogP contribution in [0.3, 0.4) is 0 Å². The molecule has 2 N–H and O–H groups in total. The molecule has 0 aromatic heterocycles. The molecule has 5 aliphatic rings. The first-order valence-electron chi connectivity index (χ1n) is 11.1. The minimum absolute atomic E-state index is 0.00269. The molecule has 4 aliphatic carbocycles. The maximum atomic E-state index is 13.0. The van der Waals surface area contributed by atoms with Gasteiger partial charge in [0.2, 0.25) is 0 Å². The molecule has 6 rings (SSSR count). The Labute approximate surface area is 173 Å². The summed E-state index contributed by atoms with van der Waals surface area (Å²) < 4.78 is 0. The van der Waals surface area contributed by atoms with Crippen LogP contribution in [0.15, 0.2) is 18.2 Å². The van der Waals surface area contributed by atoms with Crippen molar-refractivity contribution in [1.82, 2.24) is 15.5 Å². The van der Waals surface area contributed by atoms with Crippen molar-refractivity contribution in [2.45, 2.75) is 45.1 Å². The lowest BCUT2D eigenvalue weighted by molar-refractivity contribution is -0.0503. The molecule has 152 valence electrons. The van der Waals surface area contributed by atoms with Gasteiger partial charge in [-0.05, 0) is 73.3 Å². The predicted octanol–water partition coefficient (Wildman–Crippen LogP) is 3.69. The molecule has 4 nitrogen and oxygen atoms in total. The van der Waals surface area contributed by atoms with Gasteiger partial charge in [0.05, 0.1) is 10.6 Å². The highest BCUT2D eigenvalue weighted by Crippen LogP contribution is 2.59. The third-order valence-electron chi connectivity index (χ3n) is 7.72. The highest BCUT2D eigenvalue weighted by molar-refractivity contribution is 6.34. The Morgan fingerprint density at radius 2 is 1.75 bits per heavy atom. The molecular formula is C23H32ClN3O. The summed E-state index contributed by atoms with van der Waals surface area (Å²) >= 11 is 6.67. The molecule has 28 heavy (non-hydrogen) atoms. The molecule has 1 amide bonds. The van der Waals surface area contributed by atoms with Crippen molar-refractivity contribution in [3.05, 3.63) is 34.3 Å². The van der Waals surface area contributed by atoms with E-state index in [0.29, 0.717) is 16.0 Å². The molecule has 1 aliphatic heterocycles. The second-order valence-corrected chi connectivity index (χ2v) is 10.3. The average molecular weight is 402 g/mol. The average Bonchev–Trinajstić information content (AvgIpc) is 2.68. The summed E-state index contributed by atoms with van der Waals surface area (Å²) in [6.07, 6.45) is 8.26. The van der Waals surface area contributed by atoms with Gasteiger partial charge in [-0.1, -0.05) is 23.7 Å². The van der Waals surface area contributed by atoms with Crippen LogP contribution in [-0.2, 0) is 6.54 Å². The number of hydrogen-bond acceptors (Lipinski definition) is 3. The van der Waals surface area contributed by atoms with Crippen molar-refractivity contribution in [2.24, 2.45) is 23.2 Å². The van der Waals surface area contributed by atoms with Crippen LogP contribution in [0, 0.1) is 23.2 Å². The van der Waals surface area contributed by atoms with E-state index in [1.165, 1.54) is 38.5 Å². The van der Waals surface area contributed by atoms with Crippen molar-refractivity contribution in [3.8, 4) is 0 Å². The van der Waals surface area contributed by atoms with E-state index in [9.17, 15) is 4.79 Å². The monoisotopic (exact) mass is 401 g/mol. The number of halogens is 1. The zero-order valence-electron chi connectivity index (χ0n) is 16.7. The van der Waals surface area contributed by atoms with E-state index in [0.717, 1.165) is 62.6 Å². The first kappa shape index (κ1) is 18.9. The Morgan fingerprint density at radius 1 is 1.11 bits per heavy atom. The molecule has 5 heteroatoms. The normalized spacial score (nSPS) is 34.5. The lowest BCUT2D eigenvalue weighted by Gasteiger charge is -2.56. The number of nitrogens with one attached hydrogen (secondary N) is 2. The van der Waals surface area contributed by atoms with Gasteiger partial charge in [0.15, 0.2) is 0 Å². The van der Waals surface area contributed by atoms with E-state index in [4.69, 9.17) is 11.6 Å². The Bertz CT molecular complexity index is 708. The fourth-order valence-electron chi connectivity index (χ4n) is 6.86. The molecule has 0 unspecified atom stereocenters. The number of carbonyl (C=O) groups is 1. The predicted molar refractivity (Wildman–Crippen MR) is 113 cm³/mol. The van der Waals surface area contributed by atoms with E-state index in [1.807, 2.05) is 12.1 Å². The summed E-state index contributed by atoms with van der Waals surface area (Å²) in [6.45, 7) is 5.73. The third kappa shape index (κ3) is 3.71. The van der Waals surface area contributed by atoms with E-state index >= 15 is 0 Å². The van der Waals surface area contributed by atoms with Crippen molar-refractivity contribution in [1.29, 1.82) is 0 Å². The molecule has 1 aromatic carbocycles. The topological polar surface area (TPSA) is 44.4 Å². The van der Waals surface area contributed by atoms with E-state index in [2.05, 4.69) is 21.6 Å². The minimum Gasteiger partial charge on any atom is -0.351 e. The van der Waals surface area contributed by atoms with Crippen molar-refractivity contribution < 1.29 is 4.79 Å². The zero-order chi connectivity index (χ0) is 19.1. The lowest BCUT2D eigenvalue weighted by atomic mass is 9.49. The SMILES string of the molecule is O=C(NCC12CC3CC(CC(C3)C1)C2)c1cccc(CN2CCNCC2)c1Cl. The largest absolute Gasteiger partial charge is 0.351 e. The summed E-state index contributed by atoms with van der Waals surface area (Å²) in [5.41, 5.74) is 2.06. The number of carbonyl (C=O) groups excluding carboxylic acids is 1. The van der Waals surface area contributed by atoms with Crippen LogP contribution in [0.5, 0.6) is 0 Å². The summed E-state index contributed by atoms with van der Waals surface area (Å²) in [4.78, 5) is 15.4. The fraction of sp³-hybridized carbons (Fsp3) is 0.696. The number of amides is 1. The van der Waals surface area contributed by atoms with E-state index < -0.39 is 0 Å². The van der Waals surface area contributed by atoms with Gasteiger partial charge < -0.3 is 10.6 Å². The molecule has 4 bridgehead atoms. The smallest absolute Gasteiger partial charge is 0.252 e. The van der Waals surface area contributed by atoms with Crippen LogP contribution in [0.1, 0.15) is 54.4 Å². The zero-order valence-corrected chi connectivity index (χ0v) is 17.4. The first-order chi connectivity index (χ1) is 13.6. The van der Waals surface area contributed by atoms with Crippen LogP contribution in [0.25, 0.3) is 0 Å². The van der Waals surface area contributed by atoms with Crippen LogP contribution in [-0.4, -0.2) is 43.5 Å². The van der Waals surface area contributed by atoms with Crippen LogP contribution < -0.4 is 10.6 Å². The van der Waals surface area contributed by atoms with Gasteiger partial charge >= 0.3 is 0 Å². The maximum absolute atomic E-state index is 13.0. The standard InChI is InChI=1S/C23H32ClN3O/c24-21-19(14-27-6-4-25-5-7-27)2-1-3-20(21)22(28)26-15-23-11-16-8-17(12-23)10-18(9-16)13-23/h1-3,16-18,25H,4-15H2,(H,26,28). The lowest BCUT2D eigenvalue weighted by Crippen LogP contribution is -2.51. The Morgan fingerprint density at radius 3 is 2.39 bits per heavy atom. The van der Waals surface area contributed by atoms with Gasteiger partial charge in [0.25, 0.3) is 5.91 Å². The number of nitrogens with zero attached hydrogens (tertiary/aromatic N) is 1. The number of rotatable bonds is 5. The van der Waals surface area contributed by atoms with Crippen molar-refractivity contribution in [3.63, 3.8) is 0 Å². The van der Waals surface area contributed by atoms with Crippen LogP contribution >= 0.6 is 11.6 Å². The summed E-state index contributed by atoms with van der Waals surface area (Å²) in [6, 6.07) is 5.90. The number of piperazine rings is 1. The molecular weight excluding hydrogens is 370 g/mol. The Hall–Kier alpha value is -1.10. The summed E-state index contributed by atoms with van der Waals surface area (Å²) in [5, 5.41) is 7.29. The highest BCUT2D eigenvalue weighted by atomic mass is 35.5. The molecule has 0 spiro atoms. The molecule has 5 fully saturated rings. The molecule has 0 radical (unpaired) electrons. The quantitative estimate of drug-likeness (QED) is 0.790. The van der Waals surface area contributed by atoms with Crippen LogP contribution in [0.2, 0.25) is 5.02 Å². The van der Waals surface area contributed by atoms with Crippen LogP contribution in [0.4, 0.5) is 0 Å². The van der Waals surface area contributed by atoms with Crippen molar-refractivity contribution in [2.75, 3.05) is 32.7 Å². The minimum atomic E-state index is 0.00269. The maximum Gasteiger partial charge on any atom is 0.252 e. The van der Waals surface area contributed by atoms with E-state index in [-0.39, 0.29) is 5.91 Å². The molecule has 0 atom stereocenters. The Balaban J connectivity index is 1.25. The fourth-order valence-corrected chi connectivity index (χ4v) is 7.13. The highest BCUT2D eigenvalue weighted by Gasteiger charge is 2.50.